The van der Waals surface area contributed by atoms with Gasteiger partial charge in [0.2, 0.25) is 0 Å². The minimum absolute atomic E-state index is 0.219. The standard InChI is InChI=1S/C16H26N2O2/c1-20-12-9-17-13-14-5-7-16(8-6-14)18(10-11-19)15-3-2-4-15/h5-8,15,17,19H,2-4,9-13H2,1H3. The average Bonchev–Trinajstić information content (AvgIpc) is 2.42. The van der Waals surface area contributed by atoms with Crippen LogP contribution in [0.4, 0.5) is 5.69 Å². The third-order valence-corrected chi connectivity index (χ3v) is 3.94. The van der Waals surface area contributed by atoms with Crippen molar-refractivity contribution in [1.29, 1.82) is 0 Å². The van der Waals surface area contributed by atoms with E-state index in [9.17, 15) is 5.11 Å². The summed E-state index contributed by atoms with van der Waals surface area (Å²) in [5.74, 6) is 0. The van der Waals surface area contributed by atoms with Gasteiger partial charge in [0.1, 0.15) is 0 Å². The molecule has 0 saturated heterocycles. The number of nitrogens with one attached hydrogen (secondary N) is 1. The van der Waals surface area contributed by atoms with Gasteiger partial charge in [0.05, 0.1) is 13.2 Å². The highest BCUT2D eigenvalue weighted by atomic mass is 16.5. The lowest BCUT2D eigenvalue weighted by Gasteiger charge is -2.39. The largest absolute Gasteiger partial charge is 0.395 e. The summed E-state index contributed by atoms with van der Waals surface area (Å²) in [4.78, 5) is 2.34. The van der Waals surface area contributed by atoms with E-state index in [2.05, 4.69) is 34.5 Å². The van der Waals surface area contributed by atoms with Crippen molar-refractivity contribution in [3.05, 3.63) is 29.8 Å². The lowest BCUT2D eigenvalue weighted by Crippen LogP contribution is -2.41. The Labute approximate surface area is 121 Å². The molecule has 0 aliphatic heterocycles. The van der Waals surface area contributed by atoms with Crippen LogP contribution in [-0.2, 0) is 11.3 Å². The van der Waals surface area contributed by atoms with Crippen molar-refractivity contribution < 1.29 is 9.84 Å². The zero-order valence-electron chi connectivity index (χ0n) is 12.3. The Bertz CT molecular complexity index is 377. The van der Waals surface area contributed by atoms with Crippen LogP contribution in [0.15, 0.2) is 24.3 Å². The molecular weight excluding hydrogens is 252 g/mol. The maximum atomic E-state index is 9.22. The van der Waals surface area contributed by atoms with Crippen LogP contribution in [0.2, 0.25) is 0 Å². The van der Waals surface area contributed by atoms with Gasteiger partial charge < -0.3 is 20.1 Å². The van der Waals surface area contributed by atoms with E-state index >= 15 is 0 Å². The van der Waals surface area contributed by atoms with Crippen LogP contribution < -0.4 is 10.2 Å². The predicted molar refractivity (Wildman–Crippen MR) is 82.1 cm³/mol. The first-order valence-corrected chi connectivity index (χ1v) is 7.51. The minimum Gasteiger partial charge on any atom is -0.395 e. The molecule has 1 aliphatic rings. The van der Waals surface area contributed by atoms with Gasteiger partial charge in [-0.15, -0.1) is 0 Å². The predicted octanol–water partition coefficient (Wildman–Crippen LogP) is 1.77. The number of nitrogens with zero attached hydrogens (tertiary/aromatic N) is 1. The summed E-state index contributed by atoms with van der Waals surface area (Å²) in [6.45, 7) is 3.43. The topological polar surface area (TPSA) is 44.7 Å². The Morgan fingerprint density at radius 3 is 2.60 bits per heavy atom. The number of aliphatic hydroxyl groups is 1. The van der Waals surface area contributed by atoms with Crippen LogP contribution in [0, 0.1) is 0 Å². The molecule has 0 bridgehead atoms. The SMILES string of the molecule is COCCNCc1ccc(N(CCO)C2CCC2)cc1. The van der Waals surface area contributed by atoms with Gasteiger partial charge >= 0.3 is 0 Å². The fraction of sp³-hybridized carbons (Fsp3) is 0.625. The third kappa shape index (κ3) is 4.20. The Morgan fingerprint density at radius 2 is 2.05 bits per heavy atom. The molecule has 0 aromatic heterocycles. The molecule has 0 spiro atoms. The molecule has 112 valence electrons. The van der Waals surface area contributed by atoms with Gasteiger partial charge in [-0.05, 0) is 37.0 Å². The van der Waals surface area contributed by atoms with Gasteiger partial charge in [-0.2, -0.15) is 0 Å². The molecule has 0 heterocycles. The third-order valence-electron chi connectivity index (χ3n) is 3.94. The van der Waals surface area contributed by atoms with Crippen LogP contribution in [0.3, 0.4) is 0 Å². The maximum absolute atomic E-state index is 9.22. The van der Waals surface area contributed by atoms with Crippen molar-refractivity contribution in [2.45, 2.75) is 31.8 Å². The first-order chi connectivity index (χ1) is 9.85. The molecule has 1 aliphatic carbocycles. The normalized spacial score (nSPS) is 15.1. The lowest BCUT2D eigenvalue weighted by molar-refractivity contribution is 0.199. The van der Waals surface area contributed by atoms with Crippen LogP contribution in [0.1, 0.15) is 24.8 Å². The van der Waals surface area contributed by atoms with Crippen LogP contribution in [-0.4, -0.2) is 44.6 Å². The van der Waals surface area contributed by atoms with Crippen LogP contribution >= 0.6 is 0 Å². The van der Waals surface area contributed by atoms with E-state index in [4.69, 9.17) is 4.74 Å². The lowest BCUT2D eigenvalue weighted by atomic mass is 9.91. The second kappa shape index (κ2) is 8.25. The molecule has 0 radical (unpaired) electrons. The van der Waals surface area contributed by atoms with Crippen molar-refractivity contribution in [2.75, 3.05) is 38.3 Å². The highest BCUT2D eigenvalue weighted by molar-refractivity contribution is 5.49. The molecule has 1 fully saturated rings. The Hall–Kier alpha value is -1.10. The summed E-state index contributed by atoms with van der Waals surface area (Å²) < 4.78 is 5.01. The molecule has 0 unspecified atom stereocenters. The number of hydrogen-bond donors (Lipinski definition) is 2. The van der Waals surface area contributed by atoms with Crippen LogP contribution in [0.25, 0.3) is 0 Å². The number of ether oxygens (including phenoxy) is 1. The fourth-order valence-corrected chi connectivity index (χ4v) is 2.54. The molecule has 2 N–H and O–H groups in total. The average molecular weight is 278 g/mol. The van der Waals surface area contributed by atoms with Crippen LogP contribution in [0.5, 0.6) is 0 Å². The van der Waals surface area contributed by atoms with Gasteiger partial charge in [0.25, 0.3) is 0 Å². The Kier molecular flexibility index (Phi) is 6.30. The first kappa shape index (κ1) is 15.3. The maximum Gasteiger partial charge on any atom is 0.0606 e. The molecule has 1 aromatic rings. The van der Waals surface area contributed by atoms with Gasteiger partial charge in [-0.25, -0.2) is 0 Å². The van der Waals surface area contributed by atoms with Gasteiger partial charge in [-0.3, -0.25) is 0 Å². The van der Waals surface area contributed by atoms with Gasteiger partial charge in [0, 0.05) is 38.5 Å². The molecular formula is C16H26N2O2. The van der Waals surface area contributed by atoms with E-state index in [1.165, 1.54) is 30.5 Å². The van der Waals surface area contributed by atoms with E-state index in [0.29, 0.717) is 6.04 Å². The summed E-state index contributed by atoms with van der Waals surface area (Å²) in [5, 5.41) is 12.6. The molecule has 2 rings (SSSR count). The Balaban J connectivity index is 1.88. The summed E-state index contributed by atoms with van der Waals surface area (Å²) in [6, 6.07) is 9.28. The zero-order chi connectivity index (χ0) is 14.2. The number of methoxy groups -OCH3 is 1. The number of rotatable bonds is 9. The second-order valence-corrected chi connectivity index (χ2v) is 5.34. The summed E-state index contributed by atoms with van der Waals surface area (Å²) >= 11 is 0. The molecule has 4 heteroatoms. The monoisotopic (exact) mass is 278 g/mol. The van der Waals surface area contributed by atoms with Crippen molar-refractivity contribution in [1.82, 2.24) is 5.32 Å². The fourth-order valence-electron chi connectivity index (χ4n) is 2.54. The zero-order valence-corrected chi connectivity index (χ0v) is 12.3. The smallest absolute Gasteiger partial charge is 0.0606 e. The second-order valence-electron chi connectivity index (χ2n) is 5.34. The summed E-state index contributed by atoms with van der Waals surface area (Å²) in [7, 11) is 1.71. The van der Waals surface area contributed by atoms with E-state index in [1.807, 2.05) is 0 Å². The van der Waals surface area contributed by atoms with Crippen molar-refractivity contribution >= 4 is 5.69 Å². The van der Waals surface area contributed by atoms with E-state index in [1.54, 1.807) is 7.11 Å². The van der Waals surface area contributed by atoms with E-state index in [0.717, 1.165) is 26.2 Å². The van der Waals surface area contributed by atoms with E-state index < -0.39 is 0 Å². The van der Waals surface area contributed by atoms with Gasteiger partial charge in [-0.1, -0.05) is 12.1 Å². The van der Waals surface area contributed by atoms with Gasteiger partial charge in [0.15, 0.2) is 0 Å². The number of anilines is 1. The minimum atomic E-state index is 0.219. The number of hydrogen-bond acceptors (Lipinski definition) is 4. The summed E-state index contributed by atoms with van der Waals surface area (Å²) in [6.07, 6.45) is 3.81. The number of benzene rings is 1. The molecule has 1 saturated carbocycles. The van der Waals surface area contributed by atoms with Crippen molar-refractivity contribution in [2.24, 2.45) is 0 Å². The molecule has 1 aromatic carbocycles. The highest BCUT2D eigenvalue weighted by Gasteiger charge is 2.24. The van der Waals surface area contributed by atoms with E-state index in [-0.39, 0.29) is 6.61 Å². The molecule has 4 nitrogen and oxygen atoms in total. The van der Waals surface area contributed by atoms with Crippen molar-refractivity contribution in [3.8, 4) is 0 Å². The first-order valence-electron chi connectivity index (χ1n) is 7.51. The quantitative estimate of drug-likeness (QED) is 0.676. The molecule has 0 atom stereocenters. The molecule has 20 heavy (non-hydrogen) atoms. The molecule has 0 amide bonds. The number of aliphatic hydroxyl groups excluding tert-OH is 1. The van der Waals surface area contributed by atoms with Crippen molar-refractivity contribution in [3.63, 3.8) is 0 Å². The summed E-state index contributed by atoms with van der Waals surface area (Å²) in [5.41, 5.74) is 2.51. The highest BCUT2D eigenvalue weighted by Crippen LogP contribution is 2.29. The Morgan fingerprint density at radius 1 is 1.30 bits per heavy atom.